The molecule has 35 heavy (non-hydrogen) atoms. The summed E-state index contributed by atoms with van der Waals surface area (Å²) in [6.45, 7) is 4.21. The number of benzene rings is 3. The van der Waals surface area contributed by atoms with Crippen molar-refractivity contribution in [2.24, 2.45) is 0 Å². The van der Waals surface area contributed by atoms with Gasteiger partial charge in [-0.25, -0.2) is 0 Å². The molecule has 1 aliphatic heterocycles. The number of ether oxygens (including phenoxy) is 2. The van der Waals surface area contributed by atoms with E-state index in [4.69, 9.17) is 13.9 Å². The lowest BCUT2D eigenvalue weighted by atomic mass is 9.84. The first-order valence-corrected chi connectivity index (χ1v) is 11.3. The van der Waals surface area contributed by atoms with Crippen LogP contribution in [0.2, 0.25) is 0 Å². The molecule has 2 heterocycles. The number of phenols is 2. The fraction of sp³-hybridized carbons (Fsp3) is 0.214. The summed E-state index contributed by atoms with van der Waals surface area (Å²) in [6.07, 6.45) is 0.0607. The summed E-state index contributed by atoms with van der Waals surface area (Å²) >= 11 is 0. The molecule has 0 amide bonds. The molecular weight excluding hydrogens is 448 g/mol. The maximum atomic E-state index is 13.1. The van der Waals surface area contributed by atoms with Crippen molar-refractivity contribution in [3.8, 4) is 34.3 Å². The molecule has 0 fully saturated rings. The van der Waals surface area contributed by atoms with Crippen LogP contribution in [0.15, 0.2) is 63.8 Å². The van der Waals surface area contributed by atoms with Crippen molar-refractivity contribution in [2.75, 3.05) is 7.11 Å². The van der Waals surface area contributed by atoms with Crippen LogP contribution in [0.4, 0.5) is 0 Å². The Hall–Kier alpha value is -4.26. The van der Waals surface area contributed by atoms with Crippen LogP contribution < -0.4 is 14.9 Å². The molecule has 1 aliphatic rings. The Morgan fingerprint density at radius 1 is 0.971 bits per heavy atom. The number of rotatable bonds is 4. The van der Waals surface area contributed by atoms with Crippen molar-refractivity contribution in [3.05, 3.63) is 81.5 Å². The summed E-state index contributed by atoms with van der Waals surface area (Å²) in [5.74, 6) is -0.328. The van der Waals surface area contributed by atoms with Crippen molar-refractivity contribution in [1.82, 2.24) is 0 Å². The minimum Gasteiger partial charge on any atom is -0.507 e. The van der Waals surface area contributed by atoms with E-state index in [1.165, 1.54) is 25.3 Å². The van der Waals surface area contributed by atoms with Crippen LogP contribution in [0, 0.1) is 0 Å². The highest BCUT2D eigenvalue weighted by molar-refractivity contribution is 5.93. The molecule has 0 saturated carbocycles. The molecule has 0 unspecified atom stereocenters. The minimum atomic E-state index is -0.456. The first-order valence-electron chi connectivity index (χ1n) is 11.3. The molecule has 1 atom stereocenters. The van der Waals surface area contributed by atoms with Crippen LogP contribution in [0.5, 0.6) is 23.0 Å². The van der Waals surface area contributed by atoms with E-state index in [0.717, 1.165) is 11.1 Å². The first kappa shape index (κ1) is 22.5. The van der Waals surface area contributed by atoms with Gasteiger partial charge in [0.05, 0.1) is 13.5 Å². The Morgan fingerprint density at radius 2 is 1.71 bits per heavy atom. The third-order valence-electron chi connectivity index (χ3n) is 6.39. The van der Waals surface area contributed by atoms with Crippen LogP contribution in [0.3, 0.4) is 0 Å². The van der Waals surface area contributed by atoms with E-state index in [1.807, 2.05) is 24.3 Å². The Morgan fingerprint density at radius 3 is 2.37 bits per heavy atom. The number of hydrogen-bond acceptors (Lipinski definition) is 7. The lowest BCUT2D eigenvalue weighted by Crippen LogP contribution is -2.22. The van der Waals surface area contributed by atoms with Crippen LogP contribution >= 0.6 is 0 Å². The van der Waals surface area contributed by atoms with Crippen molar-refractivity contribution in [2.45, 2.75) is 32.1 Å². The maximum Gasteiger partial charge on any atom is 0.312 e. The number of esters is 1. The number of carbonyl (C=O) groups excluding carboxylic acids is 1. The van der Waals surface area contributed by atoms with Gasteiger partial charge in [-0.15, -0.1) is 0 Å². The molecule has 3 aromatic carbocycles. The third-order valence-corrected chi connectivity index (χ3v) is 6.39. The quantitative estimate of drug-likeness (QED) is 0.301. The average Bonchev–Trinajstić information content (AvgIpc) is 2.83. The third kappa shape index (κ3) is 3.89. The van der Waals surface area contributed by atoms with Gasteiger partial charge in [0.1, 0.15) is 28.2 Å². The van der Waals surface area contributed by atoms with Gasteiger partial charge in [-0.3, -0.25) is 9.59 Å². The lowest BCUT2D eigenvalue weighted by Gasteiger charge is -2.26. The zero-order chi connectivity index (χ0) is 24.9. The van der Waals surface area contributed by atoms with E-state index >= 15 is 0 Å². The van der Waals surface area contributed by atoms with Crippen molar-refractivity contribution < 1.29 is 28.9 Å². The molecule has 4 aromatic rings. The van der Waals surface area contributed by atoms with E-state index in [9.17, 15) is 19.8 Å². The molecule has 0 spiro atoms. The van der Waals surface area contributed by atoms with Crippen molar-refractivity contribution >= 4 is 16.9 Å². The number of methoxy groups -OCH3 is 1. The fourth-order valence-electron chi connectivity index (χ4n) is 4.54. The van der Waals surface area contributed by atoms with Gasteiger partial charge >= 0.3 is 5.97 Å². The van der Waals surface area contributed by atoms with E-state index in [-0.39, 0.29) is 46.1 Å². The van der Waals surface area contributed by atoms with Gasteiger partial charge in [0.2, 0.25) is 0 Å². The molecule has 5 rings (SSSR count). The summed E-state index contributed by atoms with van der Waals surface area (Å²) < 4.78 is 16.7. The van der Waals surface area contributed by atoms with Crippen LogP contribution in [0.25, 0.3) is 22.3 Å². The van der Waals surface area contributed by atoms with Gasteiger partial charge in [0, 0.05) is 29.2 Å². The highest BCUT2D eigenvalue weighted by Gasteiger charge is 2.33. The Balaban J connectivity index is 1.75. The molecule has 1 aromatic heterocycles. The molecule has 0 saturated heterocycles. The maximum absolute atomic E-state index is 13.1. The standard InChI is InChI=1S/C28H24O7/c1-14(2)15-4-6-16(7-5-15)18-11-25(32)34-24-13-21(31)27-20(30)12-23(35-28(27)26(18)24)17-8-9-22(33-3)19(29)10-17/h4-10,12-14,18,29,31H,11H2,1-3H3/t18-/m0/s1. The second-order valence-corrected chi connectivity index (χ2v) is 8.93. The van der Waals surface area contributed by atoms with E-state index < -0.39 is 17.3 Å². The molecule has 0 aliphatic carbocycles. The zero-order valence-corrected chi connectivity index (χ0v) is 19.5. The average molecular weight is 472 g/mol. The van der Waals surface area contributed by atoms with Crippen molar-refractivity contribution in [3.63, 3.8) is 0 Å². The normalized spacial score (nSPS) is 15.2. The molecule has 7 nitrogen and oxygen atoms in total. The number of fused-ring (bicyclic) bond motifs is 3. The SMILES string of the molecule is COc1ccc(-c2cc(=O)c3c(O)cc4c(c3o2)[C@H](c2ccc(C(C)C)cc2)CC(=O)O4)cc1O. The summed E-state index contributed by atoms with van der Waals surface area (Å²) in [7, 11) is 1.44. The van der Waals surface area contributed by atoms with Gasteiger partial charge in [0.25, 0.3) is 0 Å². The lowest BCUT2D eigenvalue weighted by molar-refractivity contribution is -0.135. The minimum absolute atomic E-state index is 0.00647. The number of aromatic hydroxyl groups is 2. The largest absolute Gasteiger partial charge is 0.507 e. The van der Waals surface area contributed by atoms with E-state index in [2.05, 4.69) is 13.8 Å². The van der Waals surface area contributed by atoms with Gasteiger partial charge < -0.3 is 24.1 Å². The van der Waals surface area contributed by atoms with Crippen LogP contribution in [-0.4, -0.2) is 23.3 Å². The van der Waals surface area contributed by atoms with E-state index in [0.29, 0.717) is 17.0 Å². The number of phenolic OH excluding ortho intramolecular Hbond substituents is 2. The summed E-state index contributed by atoms with van der Waals surface area (Å²) in [5, 5.41) is 20.8. The highest BCUT2D eigenvalue weighted by Crippen LogP contribution is 2.46. The fourth-order valence-corrected chi connectivity index (χ4v) is 4.54. The monoisotopic (exact) mass is 472 g/mol. The number of carbonyl (C=O) groups is 1. The Bertz CT molecular complexity index is 1510. The van der Waals surface area contributed by atoms with Gasteiger partial charge in [-0.1, -0.05) is 38.1 Å². The molecule has 0 bridgehead atoms. The molecule has 0 radical (unpaired) electrons. The molecule has 2 N–H and O–H groups in total. The van der Waals surface area contributed by atoms with Gasteiger partial charge in [-0.2, -0.15) is 0 Å². The molecular formula is C28H24O7. The van der Waals surface area contributed by atoms with E-state index in [1.54, 1.807) is 12.1 Å². The second kappa shape index (κ2) is 8.51. The highest BCUT2D eigenvalue weighted by atomic mass is 16.5. The van der Waals surface area contributed by atoms with Crippen molar-refractivity contribution in [1.29, 1.82) is 0 Å². The van der Waals surface area contributed by atoms with Crippen LogP contribution in [0.1, 0.15) is 48.8 Å². The van der Waals surface area contributed by atoms with Gasteiger partial charge in [0.15, 0.2) is 16.9 Å². The first-order chi connectivity index (χ1) is 16.8. The Labute approximate surface area is 201 Å². The molecule has 178 valence electrons. The van der Waals surface area contributed by atoms with Gasteiger partial charge in [-0.05, 0) is 35.2 Å². The second-order valence-electron chi connectivity index (χ2n) is 8.93. The summed E-state index contributed by atoms with van der Waals surface area (Å²) in [5.41, 5.74) is 2.69. The summed E-state index contributed by atoms with van der Waals surface area (Å²) in [6, 6.07) is 15.2. The molecule has 7 heteroatoms. The predicted octanol–water partition coefficient (Wildman–Crippen LogP) is 5.44. The van der Waals surface area contributed by atoms with Crippen LogP contribution in [-0.2, 0) is 4.79 Å². The zero-order valence-electron chi connectivity index (χ0n) is 19.5. The smallest absolute Gasteiger partial charge is 0.312 e. The topological polar surface area (TPSA) is 106 Å². The predicted molar refractivity (Wildman–Crippen MR) is 130 cm³/mol. The Kier molecular flexibility index (Phi) is 5.47. The summed E-state index contributed by atoms with van der Waals surface area (Å²) in [4.78, 5) is 25.5. The number of hydrogen-bond donors (Lipinski definition) is 2.